The summed E-state index contributed by atoms with van der Waals surface area (Å²) in [5, 5.41) is 14.9. The molecule has 1 N–H and O–H groups in total. The van der Waals surface area contributed by atoms with E-state index in [0.717, 1.165) is 30.9 Å². The zero-order chi connectivity index (χ0) is 23.6. The third-order valence-electron chi connectivity index (χ3n) is 5.25. The van der Waals surface area contributed by atoms with Crippen molar-refractivity contribution in [3.8, 4) is 0 Å². The predicted molar refractivity (Wildman–Crippen MR) is 118 cm³/mol. The zero-order valence-corrected chi connectivity index (χ0v) is 18.0. The maximum atomic E-state index is 13.1. The lowest BCUT2D eigenvalue weighted by molar-refractivity contribution is -0.385. The highest BCUT2D eigenvalue weighted by molar-refractivity contribution is 6.28. The Morgan fingerprint density at radius 3 is 2.61 bits per heavy atom. The largest absolute Gasteiger partial charge is 0.416 e. The van der Waals surface area contributed by atoms with Crippen molar-refractivity contribution in [2.24, 2.45) is 0 Å². The van der Waals surface area contributed by atoms with Crippen LogP contribution in [0.2, 0.25) is 5.28 Å². The SMILES string of the molecule is O=[N+]([O-])c1cc(CCNc2nc(Cl)nc3ccc(N4CCOCC4)cc23)cc(C(F)(F)F)c1. The van der Waals surface area contributed by atoms with Crippen LogP contribution in [0.15, 0.2) is 36.4 Å². The van der Waals surface area contributed by atoms with Gasteiger partial charge in [-0.15, -0.1) is 0 Å². The van der Waals surface area contributed by atoms with Crippen molar-refractivity contribution < 1.29 is 22.8 Å². The first kappa shape index (κ1) is 23.0. The normalized spacial score (nSPS) is 14.5. The van der Waals surface area contributed by atoms with Gasteiger partial charge in [0, 0.05) is 42.8 Å². The molecule has 0 bridgehead atoms. The minimum absolute atomic E-state index is 0.0267. The number of nitro benzene ring substituents is 1. The fourth-order valence-corrected chi connectivity index (χ4v) is 3.83. The molecule has 12 heteroatoms. The number of nitrogens with one attached hydrogen (secondary N) is 1. The molecule has 0 radical (unpaired) electrons. The number of alkyl halides is 3. The van der Waals surface area contributed by atoms with Gasteiger partial charge in [-0.1, -0.05) is 0 Å². The van der Waals surface area contributed by atoms with E-state index in [1.807, 2.05) is 18.2 Å². The van der Waals surface area contributed by atoms with Crippen LogP contribution in [0.4, 0.5) is 30.4 Å². The van der Waals surface area contributed by atoms with Gasteiger partial charge < -0.3 is 15.0 Å². The van der Waals surface area contributed by atoms with E-state index in [1.165, 1.54) is 0 Å². The van der Waals surface area contributed by atoms with Gasteiger partial charge in [0.25, 0.3) is 5.69 Å². The standard InChI is InChI=1S/C21H19ClF3N5O3/c22-20-27-18-2-1-15(29-5-7-33-8-6-29)12-17(18)19(28-20)26-4-3-13-9-14(21(23,24)25)11-16(10-13)30(31)32/h1-2,9-12H,3-8H2,(H,26,27,28). The van der Waals surface area contributed by atoms with Gasteiger partial charge in [0.05, 0.1) is 29.2 Å². The highest BCUT2D eigenvalue weighted by Crippen LogP contribution is 2.33. The van der Waals surface area contributed by atoms with Crippen LogP contribution in [0.3, 0.4) is 0 Å². The molecule has 8 nitrogen and oxygen atoms in total. The molecular weight excluding hydrogens is 463 g/mol. The van der Waals surface area contributed by atoms with Gasteiger partial charge in [0.2, 0.25) is 5.28 Å². The van der Waals surface area contributed by atoms with Gasteiger partial charge in [0.1, 0.15) is 5.82 Å². The van der Waals surface area contributed by atoms with E-state index >= 15 is 0 Å². The molecule has 1 fully saturated rings. The molecular formula is C21H19ClF3N5O3. The summed E-state index contributed by atoms with van der Waals surface area (Å²) in [5.41, 5.74) is 0.0999. The third-order valence-corrected chi connectivity index (χ3v) is 5.42. The maximum Gasteiger partial charge on any atom is 0.416 e. The Labute approximate surface area is 191 Å². The number of rotatable bonds is 6. The summed E-state index contributed by atoms with van der Waals surface area (Å²) >= 11 is 6.05. The summed E-state index contributed by atoms with van der Waals surface area (Å²) < 4.78 is 44.8. The third kappa shape index (κ3) is 5.42. The Morgan fingerprint density at radius 1 is 1.15 bits per heavy atom. The topological polar surface area (TPSA) is 93.4 Å². The van der Waals surface area contributed by atoms with Gasteiger partial charge in [-0.3, -0.25) is 10.1 Å². The summed E-state index contributed by atoms with van der Waals surface area (Å²) in [5.74, 6) is 0.432. The number of benzene rings is 2. The molecule has 0 atom stereocenters. The zero-order valence-electron chi connectivity index (χ0n) is 17.2. The van der Waals surface area contributed by atoms with Crippen molar-refractivity contribution in [1.82, 2.24) is 9.97 Å². The molecule has 0 spiro atoms. The second kappa shape index (κ2) is 9.36. The Hall–Kier alpha value is -3.18. The van der Waals surface area contributed by atoms with Crippen LogP contribution in [-0.4, -0.2) is 47.7 Å². The summed E-state index contributed by atoms with van der Waals surface area (Å²) in [6, 6.07) is 8.27. The molecule has 2 heterocycles. The molecule has 1 saturated heterocycles. The lowest BCUT2D eigenvalue weighted by atomic mass is 10.1. The lowest BCUT2D eigenvalue weighted by Gasteiger charge is -2.29. The van der Waals surface area contributed by atoms with Crippen molar-refractivity contribution in [2.45, 2.75) is 12.6 Å². The fraction of sp³-hybridized carbons (Fsp3) is 0.333. The number of halogens is 4. The van der Waals surface area contributed by atoms with Gasteiger partial charge >= 0.3 is 6.18 Å². The van der Waals surface area contributed by atoms with E-state index in [4.69, 9.17) is 16.3 Å². The number of aromatic nitrogens is 2. The monoisotopic (exact) mass is 481 g/mol. The molecule has 1 aromatic heterocycles. The van der Waals surface area contributed by atoms with Gasteiger partial charge in [-0.05, 0) is 47.9 Å². The first-order valence-electron chi connectivity index (χ1n) is 10.1. The maximum absolute atomic E-state index is 13.1. The van der Waals surface area contributed by atoms with Gasteiger partial charge in [-0.2, -0.15) is 13.2 Å². The van der Waals surface area contributed by atoms with Crippen LogP contribution in [0, 0.1) is 10.1 Å². The smallest absolute Gasteiger partial charge is 0.378 e. The summed E-state index contributed by atoms with van der Waals surface area (Å²) in [7, 11) is 0. The average molecular weight is 482 g/mol. The highest BCUT2D eigenvalue weighted by Gasteiger charge is 2.32. The number of anilines is 2. The molecule has 4 rings (SSSR count). The van der Waals surface area contributed by atoms with E-state index in [1.54, 1.807) is 0 Å². The van der Waals surface area contributed by atoms with Crippen LogP contribution < -0.4 is 10.2 Å². The second-order valence-electron chi connectivity index (χ2n) is 7.46. The summed E-state index contributed by atoms with van der Waals surface area (Å²) in [4.78, 5) is 20.8. The number of hydrogen-bond donors (Lipinski definition) is 1. The van der Waals surface area contributed by atoms with E-state index in [9.17, 15) is 23.3 Å². The number of nitrogens with zero attached hydrogens (tertiary/aromatic N) is 4. The van der Waals surface area contributed by atoms with Crippen molar-refractivity contribution >= 4 is 39.7 Å². The van der Waals surface area contributed by atoms with E-state index < -0.39 is 22.4 Å². The molecule has 0 aliphatic carbocycles. The average Bonchev–Trinajstić information content (AvgIpc) is 2.78. The summed E-state index contributed by atoms with van der Waals surface area (Å²) in [6.07, 6.45) is -4.57. The Balaban J connectivity index is 1.57. The van der Waals surface area contributed by atoms with Crippen LogP contribution in [-0.2, 0) is 17.3 Å². The quantitative estimate of drug-likeness (QED) is 0.310. The molecule has 3 aromatic rings. The first-order valence-corrected chi connectivity index (χ1v) is 10.5. The number of non-ortho nitro benzene ring substituents is 1. The number of hydrogen-bond acceptors (Lipinski definition) is 7. The minimum atomic E-state index is -4.68. The van der Waals surface area contributed by atoms with Crippen LogP contribution >= 0.6 is 11.6 Å². The number of ether oxygens (including phenoxy) is 1. The molecule has 174 valence electrons. The first-order chi connectivity index (χ1) is 15.7. The molecule has 0 amide bonds. The molecule has 1 aliphatic rings. The minimum Gasteiger partial charge on any atom is -0.378 e. The van der Waals surface area contributed by atoms with Crippen LogP contribution in [0.1, 0.15) is 11.1 Å². The Kier molecular flexibility index (Phi) is 6.52. The van der Waals surface area contributed by atoms with E-state index in [0.29, 0.717) is 36.0 Å². The predicted octanol–water partition coefficient (Wildman–Crippen LogP) is 4.70. The van der Waals surface area contributed by atoms with Crippen LogP contribution in [0.5, 0.6) is 0 Å². The lowest BCUT2D eigenvalue weighted by Crippen LogP contribution is -2.36. The van der Waals surface area contributed by atoms with Crippen molar-refractivity contribution in [2.75, 3.05) is 43.1 Å². The second-order valence-corrected chi connectivity index (χ2v) is 7.80. The fourth-order valence-electron chi connectivity index (χ4n) is 3.65. The van der Waals surface area contributed by atoms with Crippen LogP contribution in [0.25, 0.3) is 10.9 Å². The van der Waals surface area contributed by atoms with Crippen molar-refractivity contribution in [3.05, 3.63) is 62.9 Å². The number of nitro groups is 1. The highest BCUT2D eigenvalue weighted by atomic mass is 35.5. The van der Waals surface area contributed by atoms with E-state index in [-0.39, 0.29) is 23.8 Å². The molecule has 2 aromatic carbocycles. The molecule has 1 aliphatic heterocycles. The van der Waals surface area contributed by atoms with Gasteiger partial charge in [0.15, 0.2) is 0 Å². The Morgan fingerprint density at radius 2 is 1.91 bits per heavy atom. The molecule has 33 heavy (non-hydrogen) atoms. The number of fused-ring (bicyclic) bond motifs is 1. The van der Waals surface area contributed by atoms with Gasteiger partial charge in [-0.25, -0.2) is 9.97 Å². The Bertz CT molecular complexity index is 1190. The molecule has 0 saturated carbocycles. The van der Waals surface area contributed by atoms with Crippen molar-refractivity contribution in [1.29, 1.82) is 0 Å². The number of morpholine rings is 1. The van der Waals surface area contributed by atoms with E-state index in [2.05, 4.69) is 20.2 Å². The summed E-state index contributed by atoms with van der Waals surface area (Å²) in [6.45, 7) is 2.93. The van der Waals surface area contributed by atoms with Crippen molar-refractivity contribution in [3.63, 3.8) is 0 Å². The molecule has 0 unspecified atom stereocenters.